The molecule has 2 rings (SSSR count). The van der Waals surface area contributed by atoms with Crippen molar-refractivity contribution >= 4 is 41.1 Å². The summed E-state index contributed by atoms with van der Waals surface area (Å²) in [5.41, 5.74) is 2.94. The maximum Gasteiger partial charge on any atom is 0.305 e. The van der Waals surface area contributed by atoms with Gasteiger partial charge >= 0.3 is 5.97 Å². The molecular formula is C38H66ClFN2O4. The zero-order chi connectivity index (χ0) is 36.3. The van der Waals surface area contributed by atoms with Crippen LogP contribution < -0.4 is 10.2 Å². The summed E-state index contributed by atoms with van der Waals surface area (Å²) >= 11 is 6.13. The van der Waals surface area contributed by atoms with Gasteiger partial charge < -0.3 is 15.0 Å². The highest BCUT2D eigenvalue weighted by Crippen LogP contribution is 2.27. The van der Waals surface area contributed by atoms with E-state index in [1.54, 1.807) is 19.1 Å². The summed E-state index contributed by atoms with van der Waals surface area (Å²) in [7, 11) is 1.88. The van der Waals surface area contributed by atoms with Crippen LogP contribution in [-0.4, -0.2) is 38.4 Å². The van der Waals surface area contributed by atoms with Crippen LogP contribution in [0, 0.1) is 5.82 Å². The molecule has 6 nitrogen and oxygen atoms in total. The van der Waals surface area contributed by atoms with Gasteiger partial charge in [0, 0.05) is 32.9 Å². The van der Waals surface area contributed by atoms with E-state index >= 15 is 0 Å². The molecule has 8 heteroatoms. The van der Waals surface area contributed by atoms with Gasteiger partial charge in [-0.25, -0.2) is 4.39 Å². The first-order valence-electron chi connectivity index (χ1n) is 17.3. The second-order valence-corrected chi connectivity index (χ2v) is 9.67. The SMILES string of the molecule is CC.CC.CC.CCC.CCC(=O)CCCc1cccc(NC=O)c1Cl.CCC(=O)OCCCCc1cccc(N(C)CC)c1F. The Labute approximate surface area is 286 Å². The second-order valence-electron chi connectivity index (χ2n) is 9.29. The summed E-state index contributed by atoms with van der Waals surface area (Å²) in [4.78, 5) is 34.4. The number of nitrogens with zero attached hydrogens (tertiary/aromatic N) is 1. The molecule has 0 heterocycles. The number of benzene rings is 2. The Bertz CT molecular complexity index is 1020. The maximum absolute atomic E-state index is 14.3. The van der Waals surface area contributed by atoms with Crippen LogP contribution in [0.25, 0.3) is 0 Å². The lowest BCUT2D eigenvalue weighted by molar-refractivity contribution is -0.143. The molecule has 0 aliphatic carbocycles. The number of carbonyl (C=O) groups excluding carboxylic acids is 3. The number of nitrogens with one attached hydrogen (secondary N) is 1. The van der Waals surface area contributed by atoms with E-state index in [4.69, 9.17) is 16.3 Å². The van der Waals surface area contributed by atoms with Crippen LogP contribution in [0.15, 0.2) is 36.4 Å². The smallest absolute Gasteiger partial charge is 0.305 e. The quantitative estimate of drug-likeness (QED) is 0.116. The van der Waals surface area contributed by atoms with Gasteiger partial charge in [0.25, 0.3) is 0 Å². The topological polar surface area (TPSA) is 75.7 Å². The third kappa shape index (κ3) is 24.3. The van der Waals surface area contributed by atoms with Gasteiger partial charge in [-0.05, 0) is 62.3 Å². The highest BCUT2D eigenvalue weighted by Gasteiger charge is 2.10. The average Bonchev–Trinajstić information content (AvgIpc) is 3.09. The number of ketones is 1. The predicted molar refractivity (Wildman–Crippen MR) is 199 cm³/mol. The molecular weight excluding hydrogens is 603 g/mol. The molecule has 0 aromatic heterocycles. The molecule has 0 radical (unpaired) electrons. The van der Waals surface area contributed by atoms with Gasteiger partial charge in [0.2, 0.25) is 6.41 Å². The Hall–Kier alpha value is -2.93. The van der Waals surface area contributed by atoms with Crippen molar-refractivity contribution in [2.75, 3.05) is 30.4 Å². The highest BCUT2D eigenvalue weighted by atomic mass is 35.5. The van der Waals surface area contributed by atoms with E-state index < -0.39 is 0 Å². The van der Waals surface area contributed by atoms with E-state index in [-0.39, 0.29) is 17.6 Å². The fourth-order valence-electron chi connectivity index (χ4n) is 3.53. The zero-order valence-corrected chi connectivity index (χ0v) is 31.9. The number of amides is 1. The Balaban J connectivity index is -0.000000309. The Morgan fingerprint density at radius 3 is 1.91 bits per heavy atom. The van der Waals surface area contributed by atoms with Crippen LogP contribution in [-0.2, 0) is 32.0 Å². The largest absolute Gasteiger partial charge is 0.466 e. The number of ether oxygens (including phenoxy) is 1. The number of hydrogen-bond donors (Lipinski definition) is 1. The first-order chi connectivity index (χ1) is 22.2. The molecule has 0 aliphatic rings. The minimum absolute atomic E-state index is 0.137. The van der Waals surface area contributed by atoms with Gasteiger partial charge in [-0.1, -0.05) is 112 Å². The van der Waals surface area contributed by atoms with Crippen LogP contribution in [0.1, 0.15) is 132 Å². The van der Waals surface area contributed by atoms with Gasteiger partial charge in [-0.2, -0.15) is 0 Å². The molecule has 2 aromatic carbocycles. The Morgan fingerprint density at radius 1 is 0.848 bits per heavy atom. The molecule has 0 bridgehead atoms. The fraction of sp³-hybridized carbons (Fsp3) is 0.605. The maximum atomic E-state index is 14.3. The van der Waals surface area contributed by atoms with E-state index in [2.05, 4.69) is 19.2 Å². The molecule has 0 unspecified atom stereocenters. The van der Waals surface area contributed by atoms with Crippen molar-refractivity contribution in [3.63, 3.8) is 0 Å². The first kappa shape index (κ1) is 49.9. The molecule has 46 heavy (non-hydrogen) atoms. The van der Waals surface area contributed by atoms with E-state index in [0.29, 0.717) is 55.1 Å². The normalized spacial score (nSPS) is 9.00. The van der Waals surface area contributed by atoms with E-state index in [0.717, 1.165) is 43.4 Å². The zero-order valence-electron chi connectivity index (χ0n) is 31.2. The summed E-state index contributed by atoms with van der Waals surface area (Å²) in [6.45, 7) is 23.1. The lowest BCUT2D eigenvalue weighted by Crippen LogP contribution is -2.17. The highest BCUT2D eigenvalue weighted by molar-refractivity contribution is 6.34. The molecule has 0 saturated heterocycles. The van der Waals surface area contributed by atoms with Crippen LogP contribution >= 0.6 is 11.6 Å². The van der Waals surface area contributed by atoms with Crippen molar-refractivity contribution in [1.29, 1.82) is 0 Å². The third-order valence-electron chi connectivity index (χ3n) is 5.93. The Morgan fingerprint density at radius 2 is 1.39 bits per heavy atom. The monoisotopic (exact) mass is 668 g/mol. The van der Waals surface area contributed by atoms with Gasteiger partial charge in [-0.15, -0.1) is 0 Å². The predicted octanol–water partition coefficient (Wildman–Crippen LogP) is 11.3. The molecule has 266 valence electrons. The fourth-order valence-corrected chi connectivity index (χ4v) is 3.81. The number of esters is 1. The summed E-state index contributed by atoms with van der Waals surface area (Å²) in [5, 5.41) is 3.11. The van der Waals surface area contributed by atoms with Crippen molar-refractivity contribution in [3.05, 3.63) is 58.4 Å². The standard InChI is InChI=1S/C16H24FNO2.C13H16ClNO2.C3H8.3C2H6/c1-4-15(19)20-12-7-6-9-13-10-8-11-14(16(13)17)18(3)5-2;1-2-11(17)7-3-5-10-6-4-8-12(13(10)14)15-9-16;1-3-2;3*1-2/h8,10-11H,4-7,9,12H2,1-3H3;4,6,8-9H,2-3,5,7H2,1H3,(H,15,16);3H2,1-2H3;3*1-2H3. The number of anilines is 2. The van der Waals surface area contributed by atoms with Crippen molar-refractivity contribution in [3.8, 4) is 0 Å². The summed E-state index contributed by atoms with van der Waals surface area (Å²) in [6, 6.07) is 11.0. The molecule has 0 saturated carbocycles. The van der Waals surface area contributed by atoms with Gasteiger partial charge in [0.1, 0.15) is 11.6 Å². The lowest BCUT2D eigenvalue weighted by Gasteiger charge is -2.19. The molecule has 2 aromatic rings. The number of hydrogen-bond acceptors (Lipinski definition) is 5. The van der Waals surface area contributed by atoms with Crippen molar-refractivity contribution in [1.82, 2.24) is 0 Å². The van der Waals surface area contributed by atoms with Crippen LogP contribution in [0.5, 0.6) is 0 Å². The lowest BCUT2D eigenvalue weighted by atomic mass is 10.0. The molecule has 0 aliphatic heterocycles. The first-order valence-corrected chi connectivity index (χ1v) is 17.7. The van der Waals surface area contributed by atoms with Crippen molar-refractivity contribution in [2.45, 2.75) is 134 Å². The van der Waals surface area contributed by atoms with E-state index in [1.807, 2.05) is 91.6 Å². The summed E-state index contributed by atoms with van der Waals surface area (Å²) in [5.74, 6) is -0.0477. The number of Topliss-reactive ketones (excluding diaryl/α,β-unsaturated/α-hetero) is 1. The minimum Gasteiger partial charge on any atom is -0.466 e. The minimum atomic E-state index is -0.178. The summed E-state index contributed by atoms with van der Waals surface area (Å²) in [6.07, 6.45) is 7.20. The molecule has 0 fully saturated rings. The second kappa shape index (κ2) is 36.5. The van der Waals surface area contributed by atoms with Gasteiger partial charge in [0.05, 0.1) is 23.0 Å². The van der Waals surface area contributed by atoms with Crippen LogP contribution in [0.3, 0.4) is 0 Å². The van der Waals surface area contributed by atoms with Gasteiger partial charge in [-0.3, -0.25) is 14.4 Å². The average molecular weight is 669 g/mol. The number of unbranched alkanes of at least 4 members (excludes halogenated alkanes) is 1. The van der Waals surface area contributed by atoms with E-state index in [1.165, 1.54) is 6.42 Å². The number of halogens is 2. The van der Waals surface area contributed by atoms with Crippen molar-refractivity contribution < 1.29 is 23.5 Å². The number of rotatable bonds is 15. The molecule has 1 amide bonds. The van der Waals surface area contributed by atoms with E-state index in [9.17, 15) is 18.8 Å². The molecule has 0 atom stereocenters. The Kier molecular flexibility index (Phi) is 39.7. The molecule has 1 N–H and O–H groups in total. The molecule has 0 spiro atoms. The van der Waals surface area contributed by atoms with Crippen molar-refractivity contribution in [2.24, 2.45) is 0 Å². The van der Waals surface area contributed by atoms with Crippen LogP contribution in [0.4, 0.5) is 15.8 Å². The number of carbonyl (C=O) groups is 3. The summed E-state index contributed by atoms with van der Waals surface area (Å²) < 4.78 is 19.3. The third-order valence-corrected chi connectivity index (χ3v) is 6.37. The van der Waals surface area contributed by atoms with Gasteiger partial charge in [0.15, 0.2) is 0 Å². The number of aryl methyl sites for hydroxylation is 2. The van der Waals surface area contributed by atoms with Crippen LogP contribution in [0.2, 0.25) is 5.02 Å².